The Labute approximate surface area is 113 Å². The van der Waals surface area contributed by atoms with Crippen LogP contribution in [0.3, 0.4) is 0 Å². The van der Waals surface area contributed by atoms with E-state index in [4.69, 9.17) is 0 Å². The molecular formula is C15H22BrN. The molecule has 1 aromatic rings. The van der Waals surface area contributed by atoms with E-state index in [9.17, 15) is 0 Å². The van der Waals surface area contributed by atoms with Crippen LogP contribution in [0.5, 0.6) is 0 Å². The molecule has 0 aromatic heterocycles. The monoisotopic (exact) mass is 295 g/mol. The van der Waals surface area contributed by atoms with Gasteiger partial charge in [-0.1, -0.05) is 40.0 Å². The molecule has 0 amide bonds. The molecule has 1 aliphatic carbocycles. The molecule has 17 heavy (non-hydrogen) atoms. The molecule has 1 aromatic carbocycles. The van der Waals surface area contributed by atoms with Gasteiger partial charge in [0.15, 0.2) is 0 Å². The Hall–Kier alpha value is -0.500. The molecule has 94 valence electrons. The lowest BCUT2D eigenvalue weighted by molar-refractivity contribution is 0.179. The minimum absolute atomic E-state index is 0.520. The second-order valence-corrected chi connectivity index (χ2v) is 6.19. The smallest absolute Gasteiger partial charge is 0.0393 e. The van der Waals surface area contributed by atoms with Crippen LogP contribution in [0.1, 0.15) is 30.4 Å². The minimum Gasteiger partial charge on any atom is -0.374 e. The molecule has 1 aliphatic rings. The van der Waals surface area contributed by atoms with Crippen molar-refractivity contribution in [3.8, 4) is 0 Å². The number of halogens is 1. The average molecular weight is 296 g/mol. The molecule has 0 spiro atoms. The van der Waals surface area contributed by atoms with Gasteiger partial charge < -0.3 is 4.90 Å². The molecule has 1 saturated carbocycles. The third-order valence-electron chi connectivity index (χ3n) is 4.03. The quantitative estimate of drug-likeness (QED) is 0.749. The highest BCUT2D eigenvalue weighted by molar-refractivity contribution is 9.09. The van der Waals surface area contributed by atoms with Crippen molar-refractivity contribution in [2.75, 3.05) is 23.8 Å². The topological polar surface area (TPSA) is 3.24 Å². The summed E-state index contributed by atoms with van der Waals surface area (Å²) in [5.41, 5.74) is 4.63. The lowest BCUT2D eigenvalue weighted by Gasteiger charge is -2.44. The van der Waals surface area contributed by atoms with E-state index in [1.54, 1.807) is 0 Å². The maximum Gasteiger partial charge on any atom is 0.0393 e. The second kappa shape index (κ2) is 5.01. The van der Waals surface area contributed by atoms with Crippen LogP contribution in [0.2, 0.25) is 0 Å². The number of nitrogens with zero attached hydrogens (tertiary/aromatic N) is 1. The molecule has 1 fully saturated rings. The van der Waals surface area contributed by atoms with Gasteiger partial charge in [-0.2, -0.15) is 0 Å². The van der Waals surface area contributed by atoms with Crippen molar-refractivity contribution >= 4 is 21.6 Å². The van der Waals surface area contributed by atoms with Crippen molar-refractivity contribution in [2.24, 2.45) is 5.41 Å². The number of aryl methyl sites for hydroxylation is 2. The van der Waals surface area contributed by atoms with Crippen molar-refractivity contribution in [2.45, 2.75) is 33.1 Å². The summed E-state index contributed by atoms with van der Waals surface area (Å²) in [7, 11) is 2.22. The van der Waals surface area contributed by atoms with E-state index in [1.165, 1.54) is 42.6 Å². The van der Waals surface area contributed by atoms with Crippen molar-refractivity contribution in [3.05, 3.63) is 29.3 Å². The van der Waals surface area contributed by atoms with Crippen LogP contribution < -0.4 is 4.90 Å². The Bertz CT molecular complexity index is 390. The van der Waals surface area contributed by atoms with Crippen molar-refractivity contribution in [1.29, 1.82) is 0 Å². The number of anilines is 1. The van der Waals surface area contributed by atoms with Gasteiger partial charge in [-0.3, -0.25) is 0 Å². The van der Waals surface area contributed by atoms with Gasteiger partial charge in [-0.25, -0.2) is 0 Å². The van der Waals surface area contributed by atoms with Gasteiger partial charge in [-0.15, -0.1) is 0 Å². The molecule has 0 atom stereocenters. The Morgan fingerprint density at radius 2 is 2.00 bits per heavy atom. The van der Waals surface area contributed by atoms with E-state index in [-0.39, 0.29) is 0 Å². The minimum atomic E-state index is 0.520. The highest BCUT2D eigenvalue weighted by atomic mass is 79.9. The van der Waals surface area contributed by atoms with Crippen molar-refractivity contribution in [1.82, 2.24) is 0 Å². The first-order chi connectivity index (χ1) is 8.06. The summed E-state index contributed by atoms with van der Waals surface area (Å²) >= 11 is 3.69. The van der Waals surface area contributed by atoms with Gasteiger partial charge in [0.05, 0.1) is 0 Å². The summed E-state index contributed by atoms with van der Waals surface area (Å²) in [5.74, 6) is 0. The average Bonchev–Trinajstić information content (AvgIpc) is 2.23. The summed E-state index contributed by atoms with van der Waals surface area (Å²) in [5, 5.41) is 1.13. The summed E-state index contributed by atoms with van der Waals surface area (Å²) in [6, 6.07) is 6.74. The maximum absolute atomic E-state index is 3.69. The summed E-state index contributed by atoms with van der Waals surface area (Å²) in [6.07, 6.45) is 4.13. The fourth-order valence-corrected chi connectivity index (χ4v) is 3.57. The largest absolute Gasteiger partial charge is 0.374 e. The first-order valence-electron chi connectivity index (χ1n) is 6.41. The molecule has 1 nitrogen and oxygen atoms in total. The maximum atomic E-state index is 3.69. The predicted octanol–water partition coefficient (Wildman–Crippen LogP) is 4.30. The molecular weight excluding hydrogens is 274 g/mol. The van der Waals surface area contributed by atoms with Crippen molar-refractivity contribution in [3.63, 3.8) is 0 Å². The molecule has 0 unspecified atom stereocenters. The van der Waals surface area contributed by atoms with Gasteiger partial charge in [0.25, 0.3) is 0 Å². The summed E-state index contributed by atoms with van der Waals surface area (Å²) < 4.78 is 0. The number of hydrogen-bond acceptors (Lipinski definition) is 1. The summed E-state index contributed by atoms with van der Waals surface area (Å²) in [4.78, 5) is 2.43. The lowest BCUT2D eigenvalue weighted by atomic mass is 9.70. The molecule has 0 radical (unpaired) electrons. The normalized spacial score (nSPS) is 17.6. The van der Waals surface area contributed by atoms with Crippen molar-refractivity contribution < 1.29 is 0 Å². The number of rotatable bonds is 4. The van der Waals surface area contributed by atoms with Crippen LogP contribution in [0.25, 0.3) is 0 Å². The zero-order valence-electron chi connectivity index (χ0n) is 11.1. The zero-order valence-corrected chi connectivity index (χ0v) is 12.7. The fourth-order valence-electron chi connectivity index (χ4n) is 2.83. The Morgan fingerprint density at radius 3 is 2.47 bits per heavy atom. The van der Waals surface area contributed by atoms with Crippen LogP contribution in [0.4, 0.5) is 5.69 Å². The van der Waals surface area contributed by atoms with Gasteiger partial charge in [0, 0.05) is 24.6 Å². The third-order valence-corrected chi connectivity index (χ3v) is 5.22. The molecule has 2 rings (SSSR count). The molecule has 2 heteroatoms. The van der Waals surface area contributed by atoms with Gasteiger partial charge in [0.1, 0.15) is 0 Å². The van der Waals surface area contributed by atoms with E-state index >= 15 is 0 Å². The van der Waals surface area contributed by atoms with Gasteiger partial charge in [0.2, 0.25) is 0 Å². The number of hydrogen-bond donors (Lipinski definition) is 0. The lowest BCUT2D eigenvalue weighted by Crippen LogP contribution is -2.42. The Morgan fingerprint density at radius 1 is 1.29 bits per heavy atom. The fraction of sp³-hybridized carbons (Fsp3) is 0.600. The van der Waals surface area contributed by atoms with Crippen LogP contribution in [-0.4, -0.2) is 18.9 Å². The molecule has 0 bridgehead atoms. The van der Waals surface area contributed by atoms with E-state index in [0.29, 0.717) is 5.41 Å². The highest BCUT2D eigenvalue weighted by Crippen LogP contribution is 2.43. The van der Waals surface area contributed by atoms with E-state index in [0.717, 1.165) is 5.33 Å². The number of benzene rings is 1. The van der Waals surface area contributed by atoms with E-state index < -0.39 is 0 Å². The molecule has 0 aliphatic heterocycles. The highest BCUT2D eigenvalue weighted by Gasteiger charge is 2.36. The molecule has 0 saturated heterocycles. The summed E-state index contributed by atoms with van der Waals surface area (Å²) in [6.45, 7) is 5.53. The molecule has 0 heterocycles. The van der Waals surface area contributed by atoms with E-state index in [2.05, 4.69) is 59.9 Å². The standard InChI is InChI=1S/C15H22BrN/c1-12-5-6-14(13(2)9-12)17(3)11-15(10-16)7-4-8-15/h5-6,9H,4,7-8,10-11H2,1-3H3. The first-order valence-corrected chi connectivity index (χ1v) is 7.53. The first kappa shape index (κ1) is 12.9. The number of alkyl halides is 1. The third kappa shape index (κ3) is 2.67. The SMILES string of the molecule is Cc1ccc(N(C)CC2(CBr)CCC2)c(C)c1. The molecule has 0 N–H and O–H groups in total. The van der Waals surface area contributed by atoms with E-state index in [1.807, 2.05) is 0 Å². The Kier molecular flexibility index (Phi) is 3.82. The van der Waals surface area contributed by atoms with Crippen LogP contribution in [-0.2, 0) is 0 Å². The Balaban J connectivity index is 2.11. The zero-order chi connectivity index (χ0) is 12.5. The van der Waals surface area contributed by atoms with Crippen LogP contribution in [0, 0.1) is 19.3 Å². The van der Waals surface area contributed by atoms with Gasteiger partial charge >= 0.3 is 0 Å². The van der Waals surface area contributed by atoms with Crippen LogP contribution in [0.15, 0.2) is 18.2 Å². The predicted molar refractivity (Wildman–Crippen MR) is 79.3 cm³/mol. The van der Waals surface area contributed by atoms with Crippen LogP contribution >= 0.6 is 15.9 Å². The van der Waals surface area contributed by atoms with Gasteiger partial charge in [-0.05, 0) is 43.7 Å². The second-order valence-electron chi connectivity index (χ2n) is 5.63.